The van der Waals surface area contributed by atoms with Gasteiger partial charge in [-0.25, -0.2) is 0 Å². The molecule has 0 bridgehead atoms. The smallest absolute Gasteiger partial charge is 0.0452 e. The van der Waals surface area contributed by atoms with Gasteiger partial charge in [-0.3, -0.25) is 0 Å². The lowest BCUT2D eigenvalue weighted by Crippen LogP contribution is -1.99. The standard InChI is InChI=1S/C11H18N2S/c1-14-11-8-9(4-2-3-7-12)5-6-10(11)13/h5-6,8H,2-4,7,12-13H2,1H3. The lowest BCUT2D eigenvalue weighted by atomic mass is 10.1. The molecule has 0 saturated carbocycles. The van der Waals surface area contributed by atoms with E-state index in [1.165, 1.54) is 10.5 Å². The van der Waals surface area contributed by atoms with Crippen molar-refractivity contribution < 1.29 is 0 Å². The van der Waals surface area contributed by atoms with E-state index in [2.05, 4.69) is 18.4 Å². The monoisotopic (exact) mass is 210 g/mol. The summed E-state index contributed by atoms with van der Waals surface area (Å²) >= 11 is 1.70. The van der Waals surface area contributed by atoms with Gasteiger partial charge < -0.3 is 11.5 Å². The van der Waals surface area contributed by atoms with Gasteiger partial charge in [0, 0.05) is 10.6 Å². The van der Waals surface area contributed by atoms with E-state index in [9.17, 15) is 0 Å². The Labute approximate surface area is 90.1 Å². The molecule has 2 nitrogen and oxygen atoms in total. The first-order chi connectivity index (χ1) is 6.77. The maximum Gasteiger partial charge on any atom is 0.0452 e. The fourth-order valence-electron chi connectivity index (χ4n) is 1.38. The first-order valence-corrected chi connectivity index (χ1v) is 6.13. The van der Waals surface area contributed by atoms with Crippen LogP contribution >= 0.6 is 11.8 Å². The van der Waals surface area contributed by atoms with E-state index in [0.29, 0.717) is 0 Å². The van der Waals surface area contributed by atoms with Gasteiger partial charge in [-0.15, -0.1) is 11.8 Å². The summed E-state index contributed by atoms with van der Waals surface area (Å²) in [6, 6.07) is 6.27. The Morgan fingerprint density at radius 2 is 2.07 bits per heavy atom. The third kappa shape index (κ3) is 3.24. The van der Waals surface area contributed by atoms with Crippen LogP contribution < -0.4 is 11.5 Å². The highest BCUT2D eigenvalue weighted by atomic mass is 32.2. The predicted molar refractivity (Wildman–Crippen MR) is 64.6 cm³/mol. The predicted octanol–water partition coefficient (Wildman–Crippen LogP) is 2.27. The maximum atomic E-state index is 5.81. The molecule has 1 aromatic rings. The highest BCUT2D eigenvalue weighted by Gasteiger charge is 1.99. The lowest BCUT2D eigenvalue weighted by molar-refractivity contribution is 0.744. The SMILES string of the molecule is CSc1cc(CCCCN)ccc1N. The number of hydrogen-bond donors (Lipinski definition) is 2. The van der Waals surface area contributed by atoms with E-state index in [-0.39, 0.29) is 0 Å². The summed E-state index contributed by atoms with van der Waals surface area (Å²) in [5, 5.41) is 0. The minimum absolute atomic E-state index is 0.782. The minimum Gasteiger partial charge on any atom is -0.398 e. The number of nitrogen functional groups attached to an aromatic ring is 1. The second-order valence-corrected chi connectivity index (χ2v) is 4.17. The number of aryl methyl sites for hydroxylation is 1. The molecule has 3 heteroatoms. The number of nitrogens with two attached hydrogens (primary N) is 2. The van der Waals surface area contributed by atoms with Crippen molar-refractivity contribution in [2.24, 2.45) is 5.73 Å². The van der Waals surface area contributed by atoms with E-state index in [4.69, 9.17) is 11.5 Å². The van der Waals surface area contributed by atoms with Gasteiger partial charge in [0.1, 0.15) is 0 Å². The first kappa shape index (κ1) is 11.4. The molecule has 0 heterocycles. The Kier molecular flexibility index (Phi) is 4.84. The normalized spacial score (nSPS) is 10.4. The largest absolute Gasteiger partial charge is 0.398 e. The van der Waals surface area contributed by atoms with Gasteiger partial charge in [-0.05, 0) is 49.8 Å². The van der Waals surface area contributed by atoms with Crippen LogP contribution in [0.1, 0.15) is 18.4 Å². The topological polar surface area (TPSA) is 52.0 Å². The van der Waals surface area contributed by atoms with E-state index in [1.807, 2.05) is 6.07 Å². The number of hydrogen-bond acceptors (Lipinski definition) is 3. The zero-order chi connectivity index (χ0) is 10.4. The number of anilines is 1. The maximum absolute atomic E-state index is 5.81. The summed E-state index contributed by atoms with van der Waals surface area (Å²) in [5.74, 6) is 0. The van der Waals surface area contributed by atoms with Gasteiger partial charge in [0.2, 0.25) is 0 Å². The second kappa shape index (κ2) is 5.94. The molecule has 0 aliphatic rings. The van der Waals surface area contributed by atoms with Crippen molar-refractivity contribution in [1.82, 2.24) is 0 Å². The molecule has 0 aromatic heterocycles. The third-order valence-corrected chi connectivity index (χ3v) is 3.01. The van der Waals surface area contributed by atoms with Crippen molar-refractivity contribution >= 4 is 17.4 Å². The van der Waals surface area contributed by atoms with Gasteiger partial charge in [-0.2, -0.15) is 0 Å². The highest BCUT2D eigenvalue weighted by Crippen LogP contribution is 2.24. The average molecular weight is 210 g/mol. The fourth-order valence-corrected chi connectivity index (χ4v) is 1.96. The van der Waals surface area contributed by atoms with Crippen molar-refractivity contribution in [3.63, 3.8) is 0 Å². The molecule has 0 fully saturated rings. The summed E-state index contributed by atoms with van der Waals surface area (Å²) < 4.78 is 0. The van der Waals surface area contributed by atoms with Crippen LogP contribution in [0, 0.1) is 0 Å². The average Bonchev–Trinajstić information content (AvgIpc) is 2.21. The Balaban J connectivity index is 2.60. The third-order valence-electron chi connectivity index (χ3n) is 2.22. The van der Waals surface area contributed by atoms with Gasteiger partial charge in [0.25, 0.3) is 0 Å². The number of rotatable bonds is 5. The molecule has 4 N–H and O–H groups in total. The Bertz CT molecular complexity index is 287. The molecule has 14 heavy (non-hydrogen) atoms. The molecule has 0 atom stereocenters. The minimum atomic E-state index is 0.782. The zero-order valence-corrected chi connectivity index (χ0v) is 9.44. The van der Waals surface area contributed by atoms with Crippen molar-refractivity contribution in [3.05, 3.63) is 23.8 Å². The van der Waals surface area contributed by atoms with Crippen LogP contribution in [0.25, 0.3) is 0 Å². The van der Waals surface area contributed by atoms with Crippen LogP contribution in [0.3, 0.4) is 0 Å². The second-order valence-electron chi connectivity index (χ2n) is 3.32. The van der Waals surface area contributed by atoms with Crippen LogP contribution in [0.4, 0.5) is 5.69 Å². The summed E-state index contributed by atoms with van der Waals surface area (Å²) in [6.45, 7) is 0.782. The summed E-state index contributed by atoms with van der Waals surface area (Å²) in [4.78, 5) is 1.18. The van der Waals surface area contributed by atoms with Gasteiger partial charge in [-0.1, -0.05) is 6.07 Å². The highest BCUT2D eigenvalue weighted by molar-refractivity contribution is 7.98. The van der Waals surface area contributed by atoms with Crippen LogP contribution in [0.2, 0.25) is 0 Å². The van der Waals surface area contributed by atoms with Gasteiger partial charge in [0.05, 0.1) is 0 Å². The lowest BCUT2D eigenvalue weighted by Gasteiger charge is -2.06. The molecule has 0 amide bonds. The van der Waals surface area contributed by atoms with E-state index < -0.39 is 0 Å². The Morgan fingerprint density at radius 1 is 1.29 bits per heavy atom. The molecule has 0 spiro atoms. The summed E-state index contributed by atoms with van der Waals surface area (Å²) in [7, 11) is 0. The van der Waals surface area contributed by atoms with Crippen molar-refractivity contribution in [2.45, 2.75) is 24.2 Å². The summed E-state index contributed by atoms with van der Waals surface area (Å²) in [5.41, 5.74) is 13.5. The molecule has 1 rings (SSSR count). The molecule has 0 saturated heterocycles. The zero-order valence-electron chi connectivity index (χ0n) is 8.62. The van der Waals surface area contributed by atoms with Gasteiger partial charge in [0.15, 0.2) is 0 Å². The van der Waals surface area contributed by atoms with Crippen molar-refractivity contribution in [3.8, 4) is 0 Å². The van der Waals surface area contributed by atoms with Gasteiger partial charge >= 0.3 is 0 Å². The summed E-state index contributed by atoms with van der Waals surface area (Å²) in [6.07, 6.45) is 5.41. The van der Waals surface area contributed by atoms with Crippen molar-refractivity contribution in [2.75, 3.05) is 18.5 Å². The number of unbranched alkanes of at least 4 members (excludes halogenated alkanes) is 1. The Morgan fingerprint density at radius 3 is 2.71 bits per heavy atom. The molecule has 0 radical (unpaired) electrons. The molecular formula is C11H18N2S. The number of thioether (sulfide) groups is 1. The van der Waals surface area contributed by atoms with Crippen LogP contribution in [0.5, 0.6) is 0 Å². The van der Waals surface area contributed by atoms with E-state index in [0.717, 1.165) is 31.5 Å². The molecule has 78 valence electrons. The van der Waals surface area contributed by atoms with E-state index in [1.54, 1.807) is 11.8 Å². The van der Waals surface area contributed by atoms with E-state index >= 15 is 0 Å². The Hall–Kier alpha value is -0.670. The van der Waals surface area contributed by atoms with Crippen LogP contribution in [-0.4, -0.2) is 12.8 Å². The van der Waals surface area contributed by atoms with Crippen molar-refractivity contribution in [1.29, 1.82) is 0 Å². The molecule has 0 aliphatic carbocycles. The molecule has 0 aliphatic heterocycles. The first-order valence-electron chi connectivity index (χ1n) is 4.90. The fraction of sp³-hybridized carbons (Fsp3) is 0.455. The van der Waals surface area contributed by atoms with Crippen LogP contribution in [-0.2, 0) is 6.42 Å². The molecular weight excluding hydrogens is 192 g/mol. The quantitative estimate of drug-likeness (QED) is 0.445. The molecule has 0 unspecified atom stereocenters. The number of benzene rings is 1. The molecule has 1 aromatic carbocycles. The van der Waals surface area contributed by atoms with Crippen LogP contribution in [0.15, 0.2) is 23.1 Å².